The average molecular weight is 296 g/mol. The van der Waals surface area contributed by atoms with Gasteiger partial charge >= 0.3 is 0 Å². The van der Waals surface area contributed by atoms with Gasteiger partial charge in [-0.25, -0.2) is 0 Å². The van der Waals surface area contributed by atoms with Crippen molar-refractivity contribution in [1.82, 2.24) is 9.78 Å². The number of nitrogens with zero attached hydrogens (tertiary/aromatic N) is 2. The molecular formula is C14H18ClN3O2. The van der Waals surface area contributed by atoms with Crippen LogP contribution in [0.2, 0.25) is 5.02 Å². The van der Waals surface area contributed by atoms with E-state index in [0.717, 1.165) is 11.3 Å². The van der Waals surface area contributed by atoms with Crippen molar-refractivity contribution in [3.05, 3.63) is 41.2 Å². The summed E-state index contributed by atoms with van der Waals surface area (Å²) < 4.78 is 7.10. The van der Waals surface area contributed by atoms with Crippen LogP contribution in [0.15, 0.2) is 30.6 Å². The highest BCUT2D eigenvalue weighted by molar-refractivity contribution is 6.32. The second-order valence-corrected chi connectivity index (χ2v) is 4.67. The molecule has 0 spiro atoms. The lowest BCUT2D eigenvalue weighted by Gasteiger charge is -2.09. The number of nitrogens with one attached hydrogen (secondary N) is 1. The minimum atomic E-state index is 0.0864. The molecule has 0 radical (unpaired) electrons. The van der Waals surface area contributed by atoms with E-state index >= 15 is 0 Å². The number of aliphatic hydroxyl groups is 1. The number of benzene rings is 1. The number of halogens is 1. The number of ether oxygens (including phenoxy) is 1. The van der Waals surface area contributed by atoms with E-state index in [1.54, 1.807) is 10.9 Å². The normalized spacial score (nSPS) is 10.6. The van der Waals surface area contributed by atoms with Crippen molar-refractivity contribution in [3.63, 3.8) is 0 Å². The molecule has 1 heterocycles. The summed E-state index contributed by atoms with van der Waals surface area (Å²) in [6.45, 7) is 3.76. The molecule has 2 aromatic rings. The van der Waals surface area contributed by atoms with Crippen LogP contribution < -0.4 is 10.1 Å². The highest BCUT2D eigenvalue weighted by Crippen LogP contribution is 2.27. The summed E-state index contributed by atoms with van der Waals surface area (Å²) in [5.74, 6) is 0.690. The number of rotatable bonds is 7. The molecule has 0 aliphatic carbocycles. The summed E-state index contributed by atoms with van der Waals surface area (Å²) in [4.78, 5) is 0. The topological polar surface area (TPSA) is 59.3 Å². The monoisotopic (exact) mass is 295 g/mol. The largest absolute Gasteiger partial charge is 0.492 e. The van der Waals surface area contributed by atoms with Gasteiger partial charge in [-0.3, -0.25) is 4.68 Å². The zero-order chi connectivity index (χ0) is 14.4. The van der Waals surface area contributed by atoms with Crippen molar-refractivity contribution in [1.29, 1.82) is 0 Å². The Morgan fingerprint density at radius 1 is 1.45 bits per heavy atom. The fraction of sp³-hybridized carbons (Fsp3) is 0.357. The summed E-state index contributed by atoms with van der Waals surface area (Å²) in [7, 11) is 0. The maximum absolute atomic E-state index is 8.83. The quantitative estimate of drug-likeness (QED) is 0.824. The van der Waals surface area contributed by atoms with Crippen LogP contribution in [0.4, 0.5) is 5.69 Å². The van der Waals surface area contributed by atoms with Crippen molar-refractivity contribution in [3.8, 4) is 5.75 Å². The molecule has 1 aromatic carbocycles. The third kappa shape index (κ3) is 3.88. The van der Waals surface area contributed by atoms with Crippen LogP contribution in [0.3, 0.4) is 0 Å². The maximum Gasteiger partial charge on any atom is 0.138 e. The van der Waals surface area contributed by atoms with Crippen LogP contribution in [0, 0.1) is 0 Å². The minimum absolute atomic E-state index is 0.0864. The van der Waals surface area contributed by atoms with Gasteiger partial charge < -0.3 is 15.2 Å². The average Bonchev–Trinajstić information content (AvgIpc) is 2.88. The molecule has 2 N–H and O–H groups in total. The lowest BCUT2D eigenvalue weighted by molar-refractivity contribution is 0.269. The van der Waals surface area contributed by atoms with Gasteiger partial charge in [0, 0.05) is 24.0 Å². The van der Waals surface area contributed by atoms with Gasteiger partial charge in [-0.1, -0.05) is 11.6 Å². The molecule has 1 aromatic heterocycles. The van der Waals surface area contributed by atoms with E-state index in [-0.39, 0.29) is 6.61 Å². The predicted molar refractivity (Wildman–Crippen MR) is 79.3 cm³/mol. The first kappa shape index (κ1) is 14.7. The van der Waals surface area contributed by atoms with E-state index in [0.29, 0.717) is 30.5 Å². The lowest BCUT2D eigenvalue weighted by atomic mass is 10.3. The standard InChI is InChI=1S/C14H18ClN3O2/c1-2-20-14-4-3-12(7-13(14)15)16-8-11-9-17-18(10-11)5-6-19/h3-4,7,9-10,16,19H,2,5-6,8H2,1H3. The Balaban J connectivity index is 1.94. The van der Waals surface area contributed by atoms with E-state index in [4.69, 9.17) is 21.4 Å². The van der Waals surface area contributed by atoms with Crippen molar-refractivity contribution in [2.24, 2.45) is 0 Å². The summed E-state index contributed by atoms with van der Waals surface area (Å²) >= 11 is 6.13. The maximum atomic E-state index is 8.83. The molecule has 0 aliphatic rings. The number of hydrogen-bond donors (Lipinski definition) is 2. The van der Waals surface area contributed by atoms with E-state index < -0.39 is 0 Å². The summed E-state index contributed by atoms with van der Waals surface area (Å²) in [6.07, 6.45) is 3.68. The number of anilines is 1. The lowest BCUT2D eigenvalue weighted by Crippen LogP contribution is -2.02. The third-order valence-corrected chi connectivity index (χ3v) is 3.04. The SMILES string of the molecule is CCOc1ccc(NCc2cnn(CCO)c2)cc1Cl. The smallest absolute Gasteiger partial charge is 0.138 e. The predicted octanol–water partition coefficient (Wildman–Crippen LogP) is 2.54. The molecule has 0 aliphatic heterocycles. The first-order chi connectivity index (χ1) is 9.72. The molecule has 0 amide bonds. The van der Waals surface area contributed by atoms with Crippen LogP contribution in [0.5, 0.6) is 5.75 Å². The molecule has 0 saturated heterocycles. The Bertz CT molecular complexity index is 557. The van der Waals surface area contributed by atoms with Crippen LogP contribution in [-0.2, 0) is 13.1 Å². The third-order valence-electron chi connectivity index (χ3n) is 2.74. The summed E-state index contributed by atoms with van der Waals surface area (Å²) in [6, 6.07) is 5.61. The van der Waals surface area contributed by atoms with Crippen LogP contribution >= 0.6 is 11.6 Å². The first-order valence-corrected chi connectivity index (χ1v) is 6.89. The van der Waals surface area contributed by atoms with Crippen LogP contribution in [0.1, 0.15) is 12.5 Å². The Labute approximate surface area is 123 Å². The van der Waals surface area contributed by atoms with Crippen LogP contribution in [0.25, 0.3) is 0 Å². The van der Waals surface area contributed by atoms with Crippen molar-refractivity contribution >= 4 is 17.3 Å². The van der Waals surface area contributed by atoms with Gasteiger partial charge in [-0.15, -0.1) is 0 Å². The molecule has 0 fully saturated rings. The zero-order valence-corrected chi connectivity index (χ0v) is 12.1. The molecular weight excluding hydrogens is 278 g/mol. The van der Waals surface area contributed by atoms with Gasteiger partial charge in [0.15, 0.2) is 0 Å². The minimum Gasteiger partial charge on any atom is -0.492 e. The van der Waals surface area contributed by atoms with E-state index in [1.165, 1.54) is 0 Å². The molecule has 5 nitrogen and oxygen atoms in total. The fourth-order valence-electron chi connectivity index (χ4n) is 1.81. The fourth-order valence-corrected chi connectivity index (χ4v) is 2.05. The Kier molecular flexibility index (Phi) is 5.26. The highest BCUT2D eigenvalue weighted by atomic mass is 35.5. The number of aliphatic hydroxyl groups excluding tert-OH is 1. The molecule has 0 bridgehead atoms. The summed E-state index contributed by atoms with van der Waals surface area (Å²) in [5, 5.41) is 16.8. The van der Waals surface area contributed by atoms with E-state index in [1.807, 2.05) is 31.3 Å². The Morgan fingerprint density at radius 2 is 2.30 bits per heavy atom. The van der Waals surface area contributed by atoms with Gasteiger partial charge in [0.2, 0.25) is 0 Å². The van der Waals surface area contributed by atoms with Gasteiger partial charge in [0.1, 0.15) is 5.75 Å². The number of aromatic nitrogens is 2. The van der Waals surface area contributed by atoms with Gasteiger partial charge in [-0.2, -0.15) is 5.10 Å². The van der Waals surface area contributed by atoms with Crippen molar-refractivity contribution in [2.45, 2.75) is 20.0 Å². The molecule has 6 heteroatoms. The van der Waals surface area contributed by atoms with Gasteiger partial charge in [-0.05, 0) is 25.1 Å². The van der Waals surface area contributed by atoms with Crippen molar-refractivity contribution in [2.75, 3.05) is 18.5 Å². The first-order valence-electron chi connectivity index (χ1n) is 6.51. The Hall–Kier alpha value is -1.72. The molecule has 0 atom stereocenters. The summed E-state index contributed by atoms with van der Waals surface area (Å²) in [5.41, 5.74) is 1.97. The Morgan fingerprint density at radius 3 is 3.00 bits per heavy atom. The highest BCUT2D eigenvalue weighted by Gasteiger charge is 2.03. The van der Waals surface area contributed by atoms with Gasteiger partial charge in [0.25, 0.3) is 0 Å². The zero-order valence-electron chi connectivity index (χ0n) is 11.3. The van der Waals surface area contributed by atoms with Crippen molar-refractivity contribution < 1.29 is 9.84 Å². The van der Waals surface area contributed by atoms with E-state index in [2.05, 4.69) is 10.4 Å². The molecule has 2 rings (SSSR count). The van der Waals surface area contributed by atoms with Crippen LogP contribution in [-0.4, -0.2) is 28.1 Å². The second-order valence-electron chi connectivity index (χ2n) is 4.27. The van der Waals surface area contributed by atoms with E-state index in [9.17, 15) is 0 Å². The molecule has 20 heavy (non-hydrogen) atoms. The molecule has 0 saturated carbocycles. The number of hydrogen-bond acceptors (Lipinski definition) is 4. The second kappa shape index (κ2) is 7.17. The van der Waals surface area contributed by atoms with Gasteiger partial charge in [0.05, 0.1) is 31.0 Å². The molecule has 108 valence electrons. The molecule has 0 unspecified atom stereocenters.